The van der Waals surface area contributed by atoms with E-state index in [-0.39, 0.29) is 0 Å². The quantitative estimate of drug-likeness (QED) is 0.716. The van der Waals surface area contributed by atoms with Crippen LogP contribution >= 0.6 is 11.6 Å². The summed E-state index contributed by atoms with van der Waals surface area (Å²) in [7, 11) is 0. The Hall–Kier alpha value is -2.67. The number of hydrogen-bond acceptors (Lipinski definition) is 6. The summed E-state index contributed by atoms with van der Waals surface area (Å²) in [5.41, 5.74) is 1.65. The number of anilines is 3. The lowest BCUT2D eigenvalue weighted by Gasteiger charge is -2.14. The molecule has 0 fully saturated rings. The molecule has 0 aliphatic carbocycles. The van der Waals surface area contributed by atoms with Gasteiger partial charge in [-0.1, -0.05) is 17.7 Å². The van der Waals surface area contributed by atoms with Crippen LogP contribution in [0.3, 0.4) is 0 Å². The zero-order valence-corrected chi connectivity index (χ0v) is 13.8. The van der Waals surface area contributed by atoms with Gasteiger partial charge in [-0.25, -0.2) is 4.98 Å². The Bertz CT molecular complexity index is 803. The van der Waals surface area contributed by atoms with Crippen LogP contribution in [-0.4, -0.2) is 24.7 Å². The molecule has 7 nitrogen and oxygen atoms in total. The molecule has 0 aliphatic rings. The van der Waals surface area contributed by atoms with Crippen molar-refractivity contribution in [2.24, 2.45) is 0 Å². The number of pyridine rings is 1. The fourth-order valence-corrected chi connectivity index (χ4v) is 2.14. The van der Waals surface area contributed by atoms with Gasteiger partial charge < -0.3 is 10.6 Å². The van der Waals surface area contributed by atoms with E-state index in [0.29, 0.717) is 22.8 Å². The Balaban J connectivity index is 1.76. The van der Waals surface area contributed by atoms with Gasteiger partial charge in [0.25, 0.3) is 0 Å². The first kappa shape index (κ1) is 16.2. The second kappa shape index (κ2) is 7.27. The van der Waals surface area contributed by atoms with Crippen LogP contribution in [0.15, 0.2) is 43.1 Å². The minimum Gasteiger partial charge on any atom is -0.356 e. The molecule has 0 amide bonds. The molecule has 0 bridgehead atoms. The molecule has 0 spiro atoms. The smallest absolute Gasteiger partial charge is 0.229 e. The SMILES string of the molecule is [CH2][C](Nc1nc(Nc2cnn(CC)c2)ncc1Cl)c1cccnc1. The van der Waals surface area contributed by atoms with E-state index in [2.05, 4.69) is 37.6 Å². The van der Waals surface area contributed by atoms with Gasteiger partial charge in [-0.3, -0.25) is 9.67 Å². The third-order valence-electron chi connectivity index (χ3n) is 3.24. The second-order valence-corrected chi connectivity index (χ2v) is 5.35. The number of aromatic nitrogens is 5. The van der Waals surface area contributed by atoms with Crippen LogP contribution in [0.5, 0.6) is 0 Å². The molecule has 8 heteroatoms. The molecule has 24 heavy (non-hydrogen) atoms. The average Bonchev–Trinajstić information content (AvgIpc) is 3.06. The van der Waals surface area contributed by atoms with Gasteiger partial charge in [0.15, 0.2) is 5.82 Å². The number of halogens is 1. The average molecular weight is 342 g/mol. The molecule has 0 aromatic carbocycles. The Labute approximate surface area is 145 Å². The van der Waals surface area contributed by atoms with Crippen molar-refractivity contribution in [3.8, 4) is 0 Å². The minimum atomic E-state index is 0.398. The molecule has 0 saturated heterocycles. The maximum absolute atomic E-state index is 6.17. The standard InChI is InChI=1S/C16H16ClN7/c1-3-24-10-13(8-20-24)22-16-19-9-14(17)15(23-16)21-11(2)12-5-4-6-18-7-12/h4-10H,2-3H2,1H3,(H2,19,21,22,23). The fraction of sp³-hybridized carbons (Fsp3) is 0.125. The van der Waals surface area contributed by atoms with E-state index < -0.39 is 0 Å². The van der Waals surface area contributed by atoms with Gasteiger partial charge >= 0.3 is 0 Å². The predicted octanol–water partition coefficient (Wildman–Crippen LogP) is 3.31. The van der Waals surface area contributed by atoms with E-state index in [9.17, 15) is 0 Å². The van der Waals surface area contributed by atoms with Gasteiger partial charge in [-0.15, -0.1) is 0 Å². The second-order valence-electron chi connectivity index (χ2n) is 4.95. The number of hydrogen-bond donors (Lipinski definition) is 2. The van der Waals surface area contributed by atoms with Crippen molar-refractivity contribution in [1.82, 2.24) is 24.7 Å². The summed E-state index contributed by atoms with van der Waals surface area (Å²) in [5.74, 6) is 0.877. The first-order valence-electron chi connectivity index (χ1n) is 7.34. The zero-order valence-electron chi connectivity index (χ0n) is 13.1. The summed E-state index contributed by atoms with van der Waals surface area (Å²) < 4.78 is 1.81. The van der Waals surface area contributed by atoms with E-state index >= 15 is 0 Å². The molecule has 3 aromatic rings. The van der Waals surface area contributed by atoms with Crippen molar-refractivity contribution in [2.75, 3.05) is 10.6 Å². The maximum atomic E-state index is 6.17. The van der Waals surface area contributed by atoms with Crippen LogP contribution in [-0.2, 0) is 6.54 Å². The highest BCUT2D eigenvalue weighted by atomic mass is 35.5. The molecule has 122 valence electrons. The predicted molar refractivity (Wildman–Crippen MR) is 93.8 cm³/mol. The van der Waals surface area contributed by atoms with Gasteiger partial charge in [0, 0.05) is 25.1 Å². The lowest BCUT2D eigenvalue weighted by atomic mass is 10.1. The van der Waals surface area contributed by atoms with Crippen LogP contribution in [0.4, 0.5) is 17.5 Å². The molecular weight excluding hydrogens is 326 g/mol. The van der Waals surface area contributed by atoms with E-state index in [4.69, 9.17) is 11.6 Å². The molecule has 3 rings (SSSR count). The van der Waals surface area contributed by atoms with E-state index in [1.165, 1.54) is 6.20 Å². The molecule has 2 N–H and O–H groups in total. The lowest BCUT2D eigenvalue weighted by Crippen LogP contribution is -2.11. The Morgan fingerprint density at radius 2 is 2.21 bits per heavy atom. The maximum Gasteiger partial charge on any atom is 0.229 e. The lowest BCUT2D eigenvalue weighted by molar-refractivity contribution is 0.660. The van der Waals surface area contributed by atoms with Crippen LogP contribution in [0, 0.1) is 13.0 Å². The van der Waals surface area contributed by atoms with Crippen LogP contribution < -0.4 is 10.6 Å². The summed E-state index contributed by atoms with van der Waals surface area (Å²) in [6.07, 6.45) is 8.53. The Morgan fingerprint density at radius 1 is 1.33 bits per heavy atom. The van der Waals surface area contributed by atoms with Crippen LogP contribution in [0.1, 0.15) is 12.5 Å². The molecule has 0 saturated carbocycles. The van der Waals surface area contributed by atoms with E-state index in [1.54, 1.807) is 18.6 Å². The normalized spacial score (nSPS) is 10.8. The van der Waals surface area contributed by atoms with Crippen molar-refractivity contribution in [3.63, 3.8) is 0 Å². The topological polar surface area (TPSA) is 80.5 Å². The van der Waals surface area contributed by atoms with Crippen LogP contribution in [0.2, 0.25) is 5.02 Å². The van der Waals surface area contributed by atoms with Gasteiger partial charge in [-0.05, 0) is 25.5 Å². The van der Waals surface area contributed by atoms with Gasteiger partial charge in [0.05, 0.1) is 24.1 Å². The van der Waals surface area contributed by atoms with Crippen molar-refractivity contribution < 1.29 is 0 Å². The molecule has 0 unspecified atom stereocenters. The summed E-state index contributed by atoms with van der Waals surface area (Å²) in [6, 6.07) is 4.38. The molecule has 0 aliphatic heterocycles. The van der Waals surface area contributed by atoms with Gasteiger partial charge in [0.1, 0.15) is 5.02 Å². The molecule has 3 heterocycles. The van der Waals surface area contributed by atoms with Gasteiger partial charge in [-0.2, -0.15) is 10.1 Å². The summed E-state index contributed by atoms with van der Waals surface area (Å²) in [6.45, 7) is 6.79. The fourth-order valence-electron chi connectivity index (χ4n) is 2.00. The van der Waals surface area contributed by atoms with Gasteiger partial charge in [0.2, 0.25) is 5.95 Å². The highest BCUT2D eigenvalue weighted by Gasteiger charge is 2.12. The number of aryl methyl sites for hydroxylation is 1. The third kappa shape index (κ3) is 3.80. The highest BCUT2D eigenvalue weighted by molar-refractivity contribution is 6.32. The number of nitrogens with one attached hydrogen (secondary N) is 2. The Morgan fingerprint density at radius 3 is 2.92 bits per heavy atom. The van der Waals surface area contributed by atoms with Crippen molar-refractivity contribution in [1.29, 1.82) is 0 Å². The molecular formula is C16H16ClN7. The van der Waals surface area contributed by atoms with Crippen molar-refractivity contribution in [3.05, 3.63) is 66.7 Å². The number of nitrogens with zero attached hydrogens (tertiary/aromatic N) is 5. The molecule has 3 aromatic heterocycles. The monoisotopic (exact) mass is 341 g/mol. The first-order valence-corrected chi connectivity index (χ1v) is 7.72. The van der Waals surface area contributed by atoms with Crippen LogP contribution in [0.25, 0.3) is 0 Å². The zero-order chi connectivity index (χ0) is 16.9. The highest BCUT2D eigenvalue weighted by Crippen LogP contribution is 2.24. The Kier molecular flexibility index (Phi) is 4.90. The first-order chi connectivity index (χ1) is 11.7. The summed E-state index contributed by atoms with van der Waals surface area (Å²) in [4.78, 5) is 12.6. The molecule has 2 radical (unpaired) electrons. The summed E-state index contributed by atoms with van der Waals surface area (Å²) in [5, 5.41) is 10.8. The number of rotatable bonds is 6. The summed E-state index contributed by atoms with van der Waals surface area (Å²) >= 11 is 6.17. The van der Waals surface area contributed by atoms with Crippen molar-refractivity contribution in [2.45, 2.75) is 13.5 Å². The van der Waals surface area contributed by atoms with Crippen molar-refractivity contribution >= 4 is 29.1 Å². The third-order valence-corrected chi connectivity index (χ3v) is 3.51. The minimum absolute atomic E-state index is 0.398. The van der Waals surface area contributed by atoms with E-state index in [1.807, 2.05) is 29.9 Å². The van der Waals surface area contributed by atoms with E-state index in [0.717, 1.165) is 17.8 Å². The largest absolute Gasteiger partial charge is 0.356 e. The molecule has 0 atom stereocenters.